The molecule has 1 heterocycles. The average Bonchev–Trinajstić information content (AvgIpc) is 2.73. The van der Waals surface area contributed by atoms with Gasteiger partial charge >= 0.3 is 0 Å². The van der Waals surface area contributed by atoms with Crippen LogP contribution < -0.4 is 14.4 Å². The van der Waals surface area contributed by atoms with Crippen molar-refractivity contribution in [3.63, 3.8) is 0 Å². The van der Waals surface area contributed by atoms with Crippen LogP contribution in [0.2, 0.25) is 5.02 Å². The van der Waals surface area contributed by atoms with Crippen LogP contribution in [0.5, 0.6) is 11.5 Å². The Labute approximate surface area is 171 Å². The van der Waals surface area contributed by atoms with Gasteiger partial charge in [-0.1, -0.05) is 24.6 Å². The van der Waals surface area contributed by atoms with Crippen LogP contribution in [0.1, 0.15) is 29.3 Å². The highest BCUT2D eigenvalue weighted by Crippen LogP contribution is 2.29. The second-order valence-corrected chi connectivity index (χ2v) is 7.36. The summed E-state index contributed by atoms with van der Waals surface area (Å²) < 4.78 is 11.1. The standard InChI is InChI=1S/C22H27ClN2O3/c1-4-13-28-20-8-6-17(14-21(20)27-3)22(26)25-11-9-24(10-12-25)19-15-18(23)7-5-16(19)2/h5-8,14-15H,4,9-13H2,1-3H3. The molecule has 0 aromatic heterocycles. The normalized spacial score (nSPS) is 14.1. The molecule has 0 bridgehead atoms. The van der Waals surface area contributed by atoms with Crippen LogP contribution in [0.25, 0.3) is 0 Å². The summed E-state index contributed by atoms with van der Waals surface area (Å²) in [6.45, 7) is 7.65. The van der Waals surface area contributed by atoms with Gasteiger partial charge in [-0.3, -0.25) is 4.79 Å². The highest BCUT2D eigenvalue weighted by molar-refractivity contribution is 6.30. The lowest BCUT2D eigenvalue weighted by molar-refractivity contribution is 0.0746. The Morgan fingerprint density at radius 2 is 1.82 bits per heavy atom. The van der Waals surface area contributed by atoms with Crippen molar-refractivity contribution in [2.45, 2.75) is 20.3 Å². The van der Waals surface area contributed by atoms with Crippen molar-refractivity contribution in [3.05, 3.63) is 52.5 Å². The number of halogens is 1. The van der Waals surface area contributed by atoms with Crippen LogP contribution in [-0.2, 0) is 0 Å². The predicted molar refractivity (Wildman–Crippen MR) is 113 cm³/mol. The lowest BCUT2D eigenvalue weighted by Gasteiger charge is -2.37. The number of nitrogens with zero attached hydrogens (tertiary/aromatic N) is 2. The second-order valence-electron chi connectivity index (χ2n) is 6.92. The van der Waals surface area contributed by atoms with Gasteiger partial charge in [0.25, 0.3) is 5.91 Å². The maximum Gasteiger partial charge on any atom is 0.254 e. The van der Waals surface area contributed by atoms with Crippen molar-refractivity contribution in [2.24, 2.45) is 0 Å². The van der Waals surface area contributed by atoms with Crippen LogP contribution in [0.15, 0.2) is 36.4 Å². The SMILES string of the molecule is CCCOc1ccc(C(=O)N2CCN(c3cc(Cl)ccc3C)CC2)cc1OC. The molecule has 0 aliphatic carbocycles. The van der Waals surface area contributed by atoms with E-state index in [-0.39, 0.29) is 5.91 Å². The molecule has 5 nitrogen and oxygen atoms in total. The lowest BCUT2D eigenvalue weighted by Crippen LogP contribution is -2.49. The molecule has 0 saturated carbocycles. The van der Waals surface area contributed by atoms with Gasteiger partial charge in [0.15, 0.2) is 11.5 Å². The van der Waals surface area contributed by atoms with Gasteiger partial charge in [0.05, 0.1) is 13.7 Å². The van der Waals surface area contributed by atoms with Crippen molar-refractivity contribution in [1.29, 1.82) is 0 Å². The summed E-state index contributed by atoms with van der Waals surface area (Å²) in [5.41, 5.74) is 2.95. The monoisotopic (exact) mass is 402 g/mol. The van der Waals surface area contributed by atoms with Gasteiger partial charge in [-0.05, 0) is 49.2 Å². The van der Waals surface area contributed by atoms with Crippen LogP contribution in [0.4, 0.5) is 5.69 Å². The minimum absolute atomic E-state index is 0.0165. The number of carbonyl (C=O) groups excluding carboxylic acids is 1. The highest BCUT2D eigenvalue weighted by Gasteiger charge is 2.24. The number of methoxy groups -OCH3 is 1. The molecule has 0 unspecified atom stereocenters. The number of ether oxygens (including phenoxy) is 2. The average molecular weight is 403 g/mol. The number of piperazine rings is 1. The molecule has 1 fully saturated rings. The number of anilines is 1. The van der Waals surface area contributed by atoms with Gasteiger partial charge in [-0.25, -0.2) is 0 Å². The first-order valence-corrected chi connectivity index (χ1v) is 10.0. The van der Waals surface area contributed by atoms with Crippen molar-refractivity contribution >= 4 is 23.2 Å². The summed E-state index contributed by atoms with van der Waals surface area (Å²) in [6, 6.07) is 11.3. The molecule has 28 heavy (non-hydrogen) atoms. The van der Waals surface area contributed by atoms with E-state index in [0.29, 0.717) is 36.8 Å². The number of aryl methyl sites for hydroxylation is 1. The molecular formula is C22H27ClN2O3. The molecular weight excluding hydrogens is 376 g/mol. The molecule has 150 valence electrons. The third kappa shape index (κ3) is 4.53. The van der Waals surface area contributed by atoms with E-state index in [2.05, 4.69) is 18.7 Å². The minimum atomic E-state index is 0.0165. The fraction of sp³-hybridized carbons (Fsp3) is 0.409. The van der Waals surface area contributed by atoms with E-state index in [9.17, 15) is 4.79 Å². The number of hydrogen-bond acceptors (Lipinski definition) is 4. The Hall–Kier alpha value is -2.40. The fourth-order valence-electron chi connectivity index (χ4n) is 3.39. The molecule has 3 rings (SSSR count). The summed E-state index contributed by atoms with van der Waals surface area (Å²) in [4.78, 5) is 17.1. The Morgan fingerprint density at radius 3 is 2.50 bits per heavy atom. The molecule has 1 aliphatic rings. The smallest absolute Gasteiger partial charge is 0.254 e. The quantitative estimate of drug-likeness (QED) is 0.717. The summed E-state index contributed by atoms with van der Waals surface area (Å²) in [5.74, 6) is 1.28. The van der Waals surface area contributed by atoms with Gasteiger partial charge in [0.2, 0.25) is 0 Å². The number of hydrogen-bond donors (Lipinski definition) is 0. The van der Waals surface area contributed by atoms with Crippen molar-refractivity contribution < 1.29 is 14.3 Å². The van der Waals surface area contributed by atoms with E-state index >= 15 is 0 Å². The Morgan fingerprint density at radius 1 is 1.07 bits per heavy atom. The van der Waals surface area contributed by atoms with E-state index in [1.807, 2.05) is 35.2 Å². The largest absolute Gasteiger partial charge is 0.493 e. The molecule has 0 radical (unpaired) electrons. The lowest BCUT2D eigenvalue weighted by atomic mass is 10.1. The molecule has 1 saturated heterocycles. The zero-order chi connectivity index (χ0) is 20.1. The third-order valence-electron chi connectivity index (χ3n) is 4.95. The second kappa shape index (κ2) is 9.20. The van der Waals surface area contributed by atoms with Gasteiger partial charge < -0.3 is 19.3 Å². The van der Waals surface area contributed by atoms with Gasteiger partial charge in [-0.15, -0.1) is 0 Å². The molecule has 2 aromatic rings. The van der Waals surface area contributed by atoms with Crippen LogP contribution in [0.3, 0.4) is 0 Å². The molecule has 2 aromatic carbocycles. The molecule has 1 amide bonds. The highest BCUT2D eigenvalue weighted by atomic mass is 35.5. The van der Waals surface area contributed by atoms with Crippen molar-refractivity contribution in [1.82, 2.24) is 4.90 Å². The Balaban J connectivity index is 1.67. The Bertz CT molecular complexity index is 833. The van der Waals surface area contributed by atoms with Crippen LogP contribution in [0, 0.1) is 6.92 Å². The predicted octanol–water partition coefficient (Wildman–Crippen LogP) is 4.41. The molecule has 6 heteroatoms. The molecule has 0 spiro atoms. The number of carbonyl (C=O) groups is 1. The summed E-state index contributed by atoms with van der Waals surface area (Å²) in [7, 11) is 1.59. The molecule has 0 N–H and O–H groups in total. The number of amides is 1. The van der Waals surface area contributed by atoms with Crippen molar-refractivity contribution in [3.8, 4) is 11.5 Å². The minimum Gasteiger partial charge on any atom is -0.493 e. The molecule has 1 aliphatic heterocycles. The van der Waals surface area contributed by atoms with Gasteiger partial charge in [0.1, 0.15) is 0 Å². The summed E-state index contributed by atoms with van der Waals surface area (Å²) in [5, 5.41) is 0.733. The zero-order valence-corrected chi connectivity index (χ0v) is 17.5. The Kier molecular flexibility index (Phi) is 6.68. The molecule has 0 atom stereocenters. The van der Waals surface area contributed by atoms with E-state index < -0.39 is 0 Å². The third-order valence-corrected chi connectivity index (χ3v) is 5.19. The van der Waals surface area contributed by atoms with E-state index in [1.165, 1.54) is 5.56 Å². The van der Waals surface area contributed by atoms with Crippen LogP contribution >= 0.6 is 11.6 Å². The maximum absolute atomic E-state index is 12.9. The topological polar surface area (TPSA) is 42.0 Å². The summed E-state index contributed by atoms with van der Waals surface area (Å²) in [6.07, 6.45) is 0.917. The van der Waals surface area contributed by atoms with Crippen LogP contribution in [-0.4, -0.2) is 50.7 Å². The maximum atomic E-state index is 12.9. The fourth-order valence-corrected chi connectivity index (χ4v) is 3.55. The van der Waals surface area contributed by atoms with Gasteiger partial charge in [0, 0.05) is 42.5 Å². The number of rotatable bonds is 6. The zero-order valence-electron chi connectivity index (χ0n) is 16.7. The van der Waals surface area contributed by atoms with Crippen molar-refractivity contribution in [2.75, 3.05) is 44.8 Å². The van der Waals surface area contributed by atoms with E-state index in [0.717, 1.165) is 30.2 Å². The number of benzene rings is 2. The summed E-state index contributed by atoms with van der Waals surface area (Å²) >= 11 is 6.15. The first kappa shape index (κ1) is 20.3. The van der Waals surface area contributed by atoms with E-state index in [4.69, 9.17) is 21.1 Å². The van der Waals surface area contributed by atoms with Gasteiger partial charge in [-0.2, -0.15) is 0 Å². The van der Waals surface area contributed by atoms with E-state index in [1.54, 1.807) is 13.2 Å². The first-order valence-electron chi connectivity index (χ1n) is 9.64. The first-order chi connectivity index (χ1) is 13.5.